The SMILES string of the molecule is CC(=O)c1nn(CC(=O)N2[C@H]3[C@@H](C)[C@@]3(CN3C[C@H]4CCC[C@H]4C3)C[C@H]2C(=O)Nc2nc(Br)ccc2C)c2cnc(-c3cnc(C)nc3)cc12. The smallest absolute Gasteiger partial charge is 0.248 e. The maximum absolute atomic E-state index is 14.5. The molecule has 2 aliphatic carbocycles. The predicted octanol–water partition coefficient (Wildman–Crippen LogP) is 4.84. The van der Waals surface area contributed by atoms with Crippen LogP contribution in [0.2, 0.25) is 0 Å². The number of hydrogen-bond donors (Lipinski definition) is 1. The summed E-state index contributed by atoms with van der Waals surface area (Å²) in [7, 11) is 0. The van der Waals surface area contributed by atoms with E-state index in [1.54, 1.807) is 29.3 Å². The maximum Gasteiger partial charge on any atom is 0.248 e. The van der Waals surface area contributed by atoms with Crippen LogP contribution in [0.15, 0.2) is 41.4 Å². The van der Waals surface area contributed by atoms with Crippen LogP contribution in [0.3, 0.4) is 0 Å². The van der Waals surface area contributed by atoms with Crippen molar-refractivity contribution < 1.29 is 14.4 Å². The van der Waals surface area contributed by atoms with Crippen molar-refractivity contribution in [1.29, 1.82) is 0 Å². The zero-order valence-corrected chi connectivity index (χ0v) is 29.8. The molecular formula is C36H40BrN9O3. The maximum atomic E-state index is 14.5. The van der Waals surface area contributed by atoms with Gasteiger partial charge in [-0.2, -0.15) is 5.10 Å². The molecule has 4 aromatic rings. The Bertz CT molecular complexity index is 1990. The fourth-order valence-electron chi connectivity index (χ4n) is 9.05. The first-order chi connectivity index (χ1) is 23.5. The number of hydrogen-bond acceptors (Lipinski definition) is 9. The summed E-state index contributed by atoms with van der Waals surface area (Å²) in [4.78, 5) is 63.4. The number of nitrogens with one attached hydrogen (secondary N) is 1. The number of nitrogens with zero attached hydrogens (tertiary/aromatic N) is 8. The number of carbonyl (C=O) groups is 3. The lowest BCUT2D eigenvalue weighted by Gasteiger charge is -2.28. The van der Waals surface area contributed by atoms with E-state index in [2.05, 4.69) is 58.1 Å². The summed E-state index contributed by atoms with van der Waals surface area (Å²) < 4.78 is 2.18. The summed E-state index contributed by atoms with van der Waals surface area (Å²) in [5.41, 5.74) is 2.85. The topological polar surface area (TPSA) is 139 Å². The van der Waals surface area contributed by atoms with Crippen LogP contribution < -0.4 is 5.32 Å². The van der Waals surface area contributed by atoms with Gasteiger partial charge in [-0.05, 0) is 84.5 Å². The number of aromatic nitrogens is 6. The Balaban J connectivity index is 1.10. The highest BCUT2D eigenvalue weighted by Crippen LogP contribution is 2.65. The molecule has 12 nitrogen and oxygen atoms in total. The van der Waals surface area contributed by atoms with Crippen LogP contribution >= 0.6 is 15.9 Å². The molecule has 13 heteroatoms. The fraction of sp³-hybridized carbons (Fsp3) is 0.500. The van der Waals surface area contributed by atoms with Crippen molar-refractivity contribution in [3.63, 3.8) is 0 Å². The van der Waals surface area contributed by atoms with E-state index < -0.39 is 6.04 Å². The Hall–Kier alpha value is -4.10. The third kappa shape index (κ3) is 5.54. The van der Waals surface area contributed by atoms with Crippen molar-refractivity contribution in [2.45, 2.75) is 72.0 Å². The third-order valence-electron chi connectivity index (χ3n) is 11.6. The van der Waals surface area contributed by atoms with Gasteiger partial charge in [0.15, 0.2) is 5.78 Å². The van der Waals surface area contributed by atoms with E-state index >= 15 is 0 Å². The second-order valence-electron chi connectivity index (χ2n) is 14.6. The Morgan fingerprint density at radius 1 is 1.04 bits per heavy atom. The number of piperidine rings is 1. The highest BCUT2D eigenvalue weighted by molar-refractivity contribution is 9.10. The molecule has 2 aliphatic heterocycles. The molecule has 4 fully saturated rings. The van der Waals surface area contributed by atoms with Gasteiger partial charge < -0.3 is 15.1 Å². The standard InChI is InChI=1S/C36H40BrN9O3/c1-19-8-9-30(37)41-34(19)42-35(49)28-11-36(18-44-15-23-6-5-7-24(23)16-44)20(2)33(36)46(28)31(48)17-45-29-14-40-27(25-12-38-22(4)39-13-25)10-26(29)32(43-45)21(3)47/h8-10,12-14,20,23-24,28,33H,5-7,11,15-18H2,1-4H3,(H,41,42,49)/t20-,23-,24+,28+,33+,36+/m1/s1. The zero-order valence-electron chi connectivity index (χ0n) is 28.2. The summed E-state index contributed by atoms with van der Waals surface area (Å²) in [6.07, 6.45) is 9.55. The fourth-order valence-corrected chi connectivity index (χ4v) is 9.36. The van der Waals surface area contributed by atoms with Crippen LogP contribution in [0.1, 0.15) is 61.4 Å². The second kappa shape index (κ2) is 12.0. The number of amides is 2. The summed E-state index contributed by atoms with van der Waals surface area (Å²) in [6, 6.07) is 4.82. The van der Waals surface area contributed by atoms with Gasteiger partial charge in [-0.1, -0.05) is 19.4 Å². The lowest BCUT2D eigenvalue weighted by molar-refractivity contribution is -0.138. The molecule has 4 aromatic heterocycles. The van der Waals surface area contributed by atoms with E-state index in [1.807, 2.05) is 30.9 Å². The highest BCUT2D eigenvalue weighted by atomic mass is 79.9. The molecule has 0 radical (unpaired) electrons. The summed E-state index contributed by atoms with van der Waals surface area (Å²) in [6.45, 7) is 10.4. The molecule has 0 bridgehead atoms. The Morgan fingerprint density at radius 3 is 2.49 bits per heavy atom. The van der Waals surface area contributed by atoms with Crippen molar-refractivity contribution in [3.05, 3.63) is 58.5 Å². The first-order valence-electron chi connectivity index (χ1n) is 17.2. The first-order valence-corrected chi connectivity index (χ1v) is 18.0. The first kappa shape index (κ1) is 32.1. The van der Waals surface area contributed by atoms with E-state index in [0.29, 0.717) is 44.8 Å². The minimum atomic E-state index is -0.656. The van der Waals surface area contributed by atoms with Crippen LogP contribution in [0.25, 0.3) is 22.2 Å². The highest BCUT2D eigenvalue weighted by Gasteiger charge is 2.73. The number of rotatable bonds is 8. The number of likely N-dealkylation sites (tertiary alicyclic amines) is 2. The van der Waals surface area contributed by atoms with E-state index in [-0.39, 0.29) is 47.2 Å². The Labute approximate surface area is 293 Å². The lowest BCUT2D eigenvalue weighted by atomic mass is 9.95. The van der Waals surface area contributed by atoms with Gasteiger partial charge in [-0.3, -0.25) is 24.0 Å². The van der Waals surface area contributed by atoms with Crippen LogP contribution in [-0.2, 0) is 16.1 Å². The molecule has 254 valence electrons. The van der Waals surface area contributed by atoms with Gasteiger partial charge in [0.25, 0.3) is 0 Å². The number of fused-ring (bicyclic) bond motifs is 3. The Kier molecular flexibility index (Phi) is 7.90. The number of halogens is 1. The van der Waals surface area contributed by atoms with E-state index in [1.165, 1.54) is 26.2 Å². The normalized spacial score (nSPS) is 27.4. The molecule has 8 rings (SSSR count). The molecule has 4 aliphatic rings. The molecule has 6 heterocycles. The van der Waals surface area contributed by atoms with Gasteiger partial charge in [0.1, 0.15) is 34.5 Å². The lowest BCUT2D eigenvalue weighted by Crippen LogP contribution is -2.47. The van der Waals surface area contributed by atoms with Gasteiger partial charge in [-0.15, -0.1) is 0 Å². The summed E-state index contributed by atoms with van der Waals surface area (Å²) in [5.74, 6) is 2.27. The number of ketones is 1. The van der Waals surface area contributed by atoms with Crippen molar-refractivity contribution in [1.82, 2.24) is 39.5 Å². The second-order valence-corrected chi connectivity index (χ2v) is 15.4. The Morgan fingerprint density at radius 2 is 1.78 bits per heavy atom. The minimum absolute atomic E-state index is 0.0619. The third-order valence-corrected chi connectivity index (χ3v) is 12.1. The molecule has 2 saturated heterocycles. The molecule has 0 unspecified atom stereocenters. The molecule has 0 spiro atoms. The number of aryl methyl sites for hydroxylation is 2. The van der Waals surface area contributed by atoms with E-state index in [9.17, 15) is 14.4 Å². The van der Waals surface area contributed by atoms with Crippen molar-refractivity contribution in [2.24, 2.45) is 23.2 Å². The largest absolute Gasteiger partial charge is 0.325 e. The van der Waals surface area contributed by atoms with Crippen LogP contribution in [-0.4, -0.2) is 88.8 Å². The molecule has 0 aromatic carbocycles. The molecular weight excluding hydrogens is 686 g/mol. The van der Waals surface area contributed by atoms with Crippen molar-refractivity contribution >= 4 is 50.2 Å². The molecule has 49 heavy (non-hydrogen) atoms. The zero-order chi connectivity index (χ0) is 34.2. The van der Waals surface area contributed by atoms with Crippen molar-refractivity contribution in [3.8, 4) is 11.3 Å². The van der Waals surface area contributed by atoms with Crippen molar-refractivity contribution in [2.75, 3.05) is 25.0 Å². The van der Waals surface area contributed by atoms with Gasteiger partial charge >= 0.3 is 0 Å². The number of carbonyl (C=O) groups excluding carboxylic acids is 3. The minimum Gasteiger partial charge on any atom is -0.325 e. The quantitative estimate of drug-likeness (QED) is 0.200. The summed E-state index contributed by atoms with van der Waals surface area (Å²) >= 11 is 3.42. The monoisotopic (exact) mass is 725 g/mol. The number of Topliss-reactive ketones (excluding diaryl/α,β-unsaturated/α-hetero) is 1. The summed E-state index contributed by atoms with van der Waals surface area (Å²) in [5, 5.41) is 8.27. The molecule has 1 N–H and O–H groups in total. The van der Waals surface area contributed by atoms with E-state index in [4.69, 9.17) is 0 Å². The van der Waals surface area contributed by atoms with Gasteiger partial charge in [0.05, 0.1) is 17.4 Å². The molecule has 2 saturated carbocycles. The number of anilines is 1. The average molecular weight is 727 g/mol. The van der Waals surface area contributed by atoms with Crippen LogP contribution in [0, 0.1) is 37.0 Å². The average Bonchev–Trinajstić information content (AvgIpc) is 3.63. The van der Waals surface area contributed by atoms with Gasteiger partial charge in [-0.25, -0.2) is 15.0 Å². The molecule has 6 atom stereocenters. The van der Waals surface area contributed by atoms with Crippen LogP contribution in [0.4, 0.5) is 5.82 Å². The molecule has 2 amide bonds. The van der Waals surface area contributed by atoms with Gasteiger partial charge in [0.2, 0.25) is 11.8 Å². The van der Waals surface area contributed by atoms with E-state index in [0.717, 1.165) is 37.0 Å². The number of pyridine rings is 2. The predicted molar refractivity (Wildman–Crippen MR) is 187 cm³/mol. The van der Waals surface area contributed by atoms with Crippen LogP contribution in [0.5, 0.6) is 0 Å². The van der Waals surface area contributed by atoms with Gasteiger partial charge in [0, 0.05) is 61.4 Å².